The van der Waals surface area contributed by atoms with Gasteiger partial charge in [-0.25, -0.2) is 14.6 Å². The molecule has 1 aromatic heterocycles. The molecule has 1 aromatic carbocycles. The molecule has 2 aromatic rings. The lowest BCUT2D eigenvalue weighted by Gasteiger charge is -2.17. The van der Waals surface area contributed by atoms with Gasteiger partial charge in [0.2, 0.25) is 5.89 Å². The predicted octanol–water partition coefficient (Wildman–Crippen LogP) is 1.75. The Morgan fingerprint density at radius 1 is 1.32 bits per heavy atom. The van der Waals surface area contributed by atoms with Crippen molar-refractivity contribution in [3.63, 3.8) is 0 Å². The number of ether oxygens (including phenoxy) is 1. The van der Waals surface area contributed by atoms with Crippen LogP contribution in [0.25, 0.3) is 11.5 Å². The summed E-state index contributed by atoms with van der Waals surface area (Å²) in [7, 11) is 0. The molecule has 0 unspecified atom stereocenters. The van der Waals surface area contributed by atoms with Gasteiger partial charge in [0.1, 0.15) is 5.76 Å². The Labute approximate surface area is 143 Å². The highest BCUT2D eigenvalue weighted by Crippen LogP contribution is 2.22. The van der Waals surface area contributed by atoms with Gasteiger partial charge in [0.25, 0.3) is 5.91 Å². The molecular formula is C17H17N3O5. The van der Waals surface area contributed by atoms with Gasteiger partial charge in [0.05, 0.1) is 0 Å². The first kappa shape index (κ1) is 16.7. The monoisotopic (exact) mass is 343 g/mol. The van der Waals surface area contributed by atoms with Crippen molar-refractivity contribution in [1.82, 2.24) is 15.2 Å². The lowest BCUT2D eigenvalue weighted by Crippen LogP contribution is -2.41. The first-order valence-corrected chi connectivity index (χ1v) is 7.80. The molecule has 1 aliphatic heterocycles. The minimum atomic E-state index is -1.10. The summed E-state index contributed by atoms with van der Waals surface area (Å²) >= 11 is 0. The standard InChI is InChI=1S/C17H17N3O5/c1-10-13(19-14(24-10)12-6-4-3-5-7-12)16(22)25-11(2)15(21)20-9-8-18-17(20)23/h3-7,11H,8-9H2,1-2H3,(H,18,23)/t11-/m1/s1. The molecule has 0 spiro atoms. The lowest BCUT2D eigenvalue weighted by molar-refractivity contribution is -0.136. The fraction of sp³-hybridized carbons (Fsp3) is 0.294. The normalized spacial score (nSPS) is 15.0. The van der Waals surface area contributed by atoms with Crippen molar-refractivity contribution in [1.29, 1.82) is 0 Å². The van der Waals surface area contributed by atoms with Crippen LogP contribution < -0.4 is 5.32 Å². The first-order chi connectivity index (χ1) is 12.0. The number of esters is 1. The summed E-state index contributed by atoms with van der Waals surface area (Å²) in [5, 5.41) is 2.52. The number of rotatable bonds is 4. The molecule has 25 heavy (non-hydrogen) atoms. The number of aryl methyl sites for hydroxylation is 1. The van der Waals surface area contributed by atoms with Crippen LogP contribution in [0.4, 0.5) is 4.79 Å². The summed E-state index contributed by atoms with van der Waals surface area (Å²) < 4.78 is 10.7. The number of nitrogens with zero attached hydrogens (tertiary/aromatic N) is 2. The third-order valence-electron chi connectivity index (χ3n) is 3.77. The fourth-order valence-corrected chi connectivity index (χ4v) is 2.46. The quantitative estimate of drug-likeness (QED) is 0.849. The molecule has 0 bridgehead atoms. The second-order valence-corrected chi connectivity index (χ2v) is 5.56. The van der Waals surface area contributed by atoms with Crippen molar-refractivity contribution in [3.8, 4) is 11.5 Å². The zero-order chi connectivity index (χ0) is 18.0. The molecule has 0 aliphatic carbocycles. The number of aromatic nitrogens is 1. The van der Waals surface area contributed by atoms with Crippen molar-refractivity contribution in [2.75, 3.05) is 13.1 Å². The molecule has 1 N–H and O–H groups in total. The van der Waals surface area contributed by atoms with E-state index in [0.717, 1.165) is 10.5 Å². The van der Waals surface area contributed by atoms with Gasteiger partial charge in [0, 0.05) is 18.7 Å². The van der Waals surface area contributed by atoms with Crippen molar-refractivity contribution in [2.45, 2.75) is 20.0 Å². The number of urea groups is 1. The third-order valence-corrected chi connectivity index (χ3v) is 3.77. The Morgan fingerprint density at radius 3 is 2.68 bits per heavy atom. The van der Waals surface area contributed by atoms with Gasteiger partial charge in [0.15, 0.2) is 11.8 Å². The topological polar surface area (TPSA) is 102 Å². The molecule has 0 radical (unpaired) electrons. The lowest BCUT2D eigenvalue weighted by atomic mass is 10.2. The molecular weight excluding hydrogens is 326 g/mol. The van der Waals surface area contributed by atoms with E-state index >= 15 is 0 Å². The first-order valence-electron chi connectivity index (χ1n) is 7.80. The second kappa shape index (κ2) is 6.76. The van der Waals surface area contributed by atoms with Crippen LogP contribution in [0.2, 0.25) is 0 Å². The van der Waals surface area contributed by atoms with Gasteiger partial charge < -0.3 is 14.5 Å². The summed E-state index contributed by atoms with van der Waals surface area (Å²) in [4.78, 5) is 41.2. The molecule has 130 valence electrons. The molecule has 0 saturated carbocycles. The summed E-state index contributed by atoms with van der Waals surface area (Å²) in [6.07, 6.45) is -1.10. The van der Waals surface area contributed by atoms with E-state index in [0.29, 0.717) is 18.2 Å². The van der Waals surface area contributed by atoms with E-state index in [-0.39, 0.29) is 12.2 Å². The second-order valence-electron chi connectivity index (χ2n) is 5.56. The molecule has 3 rings (SSSR count). The Bertz CT molecular complexity index is 815. The minimum absolute atomic E-state index is 0.00405. The van der Waals surface area contributed by atoms with Gasteiger partial charge in [-0.3, -0.25) is 9.69 Å². The fourth-order valence-electron chi connectivity index (χ4n) is 2.46. The van der Waals surface area contributed by atoms with Crippen molar-refractivity contribution in [3.05, 3.63) is 41.8 Å². The summed E-state index contributed by atoms with van der Waals surface area (Å²) in [5.74, 6) is -0.762. The number of nitrogens with one attached hydrogen (secondary N) is 1. The van der Waals surface area contributed by atoms with E-state index in [1.165, 1.54) is 6.92 Å². The maximum atomic E-state index is 12.3. The van der Waals surface area contributed by atoms with E-state index in [9.17, 15) is 14.4 Å². The molecule has 3 amide bonds. The Hall–Kier alpha value is -3.16. The minimum Gasteiger partial charge on any atom is -0.448 e. The average Bonchev–Trinajstić information content (AvgIpc) is 3.20. The average molecular weight is 343 g/mol. The molecule has 8 heteroatoms. The van der Waals surface area contributed by atoms with E-state index in [1.54, 1.807) is 19.1 Å². The van der Waals surface area contributed by atoms with Crippen molar-refractivity contribution >= 4 is 17.9 Å². The summed E-state index contributed by atoms with van der Waals surface area (Å²) in [5.41, 5.74) is 0.729. The highest BCUT2D eigenvalue weighted by Gasteiger charge is 2.32. The summed E-state index contributed by atoms with van der Waals surface area (Å²) in [6, 6.07) is 8.63. The maximum Gasteiger partial charge on any atom is 0.361 e. The van der Waals surface area contributed by atoms with Gasteiger partial charge in [-0.1, -0.05) is 18.2 Å². The van der Waals surface area contributed by atoms with E-state index < -0.39 is 24.0 Å². The largest absolute Gasteiger partial charge is 0.448 e. The van der Waals surface area contributed by atoms with Crippen molar-refractivity contribution in [2.24, 2.45) is 0 Å². The van der Waals surface area contributed by atoms with Crippen LogP contribution in [0.1, 0.15) is 23.2 Å². The van der Waals surface area contributed by atoms with Crippen LogP contribution in [0.5, 0.6) is 0 Å². The molecule has 1 saturated heterocycles. The van der Waals surface area contributed by atoms with Crippen LogP contribution in [-0.2, 0) is 9.53 Å². The number of amides is 3. The molecule has 1 atom stereocenters. The van der Waals surface area contributed by atoms with E-state index in [1.807, 2.05) is 18.2 Å². The highest BCUT2D eigenvalue weighted by molar-refractivity contribution is 5.99. The number of hydrogen-bond donors (Lipinski definition) is 1. The van der Waals surface area contributed by atoms with Crippen LogP contribution in [-0.4, -0.2) is 47.0 Å². The Kier molecular flexibility index (Phi) is 4.51. The number of imide groups is 1. The number of carbonyl (C=O) groups excluding carboxylic acids is 3. The van der Waals surface area contributed by atoms with E-state index in [2.05, 4.69) is 10.3 Å². The molecule has 2 heterocycles. The van der Waals surface area contributed by atoms with Gasteiger partial charge in [-0.15, -0.1) is 0 Å². The maximum absolute atomic E-state index is 12.3. The summed E-state index contributed by atoms with van der Waals surface area (Å²) in [6.45, 7) is 3.64. The Morgan fingerprint density at radius 2 is 2.04 bits per heavy atom. The number of carbonyl (C=O) groups is 3. The van der Waals surface area contributed by atoms with Gasteiger partial charge in [-0.2, -0.15) is 0 Å². The molecule has 1 fully saturated rings. The number of hydrogen-bond acceptors (Lipinski definition) is 6. The zero-order valence-corrected chi connectivity index (χ0v) is 13.8. The highest BCUT2D eigenvalue weighted by atomic mass is 16.5. The number of benzene rings is 1. The predicted molar refractivity (Wildman–Crippen MR) is 86.7 cm³/mol. The van der Waals surface area contributed by atoms with Crippen LogP contribution in [0, 0.1) is 6.92 Å². The number of oxazole rings is 1. The third kappa shape index (κ3) is 3.37. The molecule has 1 aliphatic rings. The van der Waals surface area contributed by atoms with Gasteiger partial charge in [-0.05, 0) is 26.0 Å². The molecule has 8 nitrogen and oxygen atoms in total. The van der Waals surface area contributed by atoms with Gasteiger partial charge >= 0.3 is 12.0 Å². The van der Waals surface area contributed by atoms with Crippen LogP contribution in [0.15, 0.2) is 34.7 Å². The Balaban J connectivity index is 1.72. The van der Waals surface area contributed by atoms with Crippen LogP contribution in [0.3, 0.4) is 0 Å². The van der Waals surface area contributed by atoms with E-state index in [4.69, 9.17) is 9.15 Å². The van der Waals surface area contributed by atoms with Crippen molar-refractivity contribution < 1.29 is 23.5 Å². The smallest absolute Gasteiger partial charge is 0.361 e. The zero-order valence-electron chi connectivity index (χ0n) is 13.8. The SMILES string of the molecule is Cc1oc(-c2ccccc2)nc1C(=O)O[C@H](C)C(=O)N1CCNC1=O. The van der Waals surface area contributed by atoms with Crippen LogP contribution >= 0.6 is 0 Å².